The molecular weight excluding hydrogens is 438 g/mol. The lowest BCUT2D eigenvalue weighted by Gasteiger charge is -2.38. The molecule has 2 N–H and O–H groups in total. The number of carbonyl (C=O) groups is 1. The van der Waals surface area contributed by atoms with Gasteiger partial charge in [-0.25, -0.2) is 4.79 Å². The van der Waals surface area contributed by atoms with Crippen LogP contribution in [-0.2, 0) is 18.8 Å². The first-order valence-corrected chi connectivity index (χ1v) is 10.0. The Kier molecular flexibility index (Phi) is 7.02. The molecule has 1 aliphatic heterocycles. The van der Waals surface area contributed by atoms with Crippen molar-refractivity contribution in [3.63, 3.8) is 0 Å². The zero-order valence-electron chi connectivity index (χ0n) is 16.9. The van der Waals surface area contributed by atoms with Crippen LogP contribution in [-0.4, -0.2) is 35.2 Å². The molecule has 3 rings (SSSR count). The van der Waals surface area contributed by atoms with E-state index in [1.165, 1.54) is 4.90 Å². The highest BCUT2D eigenvalue weighted by molar-refractivity contribution is 5.75. The number of halogens is 6. The third-order valence-corrected chi connectivity index (χ3v) is 5.36. The van der Waals surface area contributed by atoms with E-state index >= 15 is 0 Å². The van der Waals surface area contributed by atoms with Gasteiger partial charge >= 0.3 is 18.4 Å². The van der Waals surface area contributed by atoms with Crippen molar-refractivity contribution in [2.24, 2.45) is 0 Å². The van der Waals surface area contributed by atoms with E-state index in [4.69, 9.17) is 0 Å². The quantitative estimate of drug-likeness (QED) is 0.619. The van der Waals surface area contributed by atoms with E-state index in [1.807, 2.05) is 18.2 Å². The number of aliphatic hydroxyl groups is 1. The first-order valence-electron chi connectivity index (χ1n) is 10.0. The number of carbonyl (C=O) groups excluding carboxylic acids is 1. The molecule has 10 heteroatoms. The predicted molar refractivity (Wildman–Crippen MR) is 105 cm³/mol. The van der Waals surface area contributed by atoms with Gasteiger partial charge in [0.1, 0.15) is 0 Å². The maximum absolute atomic E-state index is 13.0. The van der Waals surface area contributed by atoms with Crippen molar-refractivity contribution >= 4 is 6.03 Å². The smallest absolute Gasteiger partial charge is 0.393 e. The summed E-state index contributed by atoms with van der Waals surface area (Å²) in [6.45, 7) is 0.131. The average Bonchev–Trinajstić information content (AvgIpc) is 2.73. The van der Waals surface area contributed by atoms with Gasteiger partial charge in [-0.1, -0.05) is 30.3 Å². The second kappa shape index (κ2) is 9.40. The zero-order valence-corrected chi connectivity index (χ0v) is 16.9. The molecule has 4 nitrogen and oxygen atoms in total. The van der Waals surface area contributed by atoms with Gasteiger partial charge in [-0.3, -0.25) is 0 Å². The molecular formula is C22H22F6N2O2. The van der Waals surface area contributed by atoms with E-state index in [1.54, 1.807) is 12.1 Å². The number of nitrogens with one attached hydrogen (secondary N) is 1. The number of benzene rings is 2. The first kappa shape index (κ1) is 23.9. The molecule has 0 radical (unpaired) electrons. The lowest BCUT2D eigenvalue weighted by molar-refractivity contribution is -0.143. The van der Waals surface area contributed by atoms with Gasteiger partial charge in [0, 0.05) is 13.1 Å². The number of amides is 2. The summed E-state index contributed by atoms with van der Waals surface area (Å²) in [5.74, 6) is 0. The van der Waals surface area contributed by atoms with E-state index < -0.39 is 35.6 Å². The number of nitrogens with zero attached hydrogens (tertiary/aromatic N) is 1. The Morgan fingerprint density at radius 2 is 1.59 bits per heavy atom. The minimum Gasteiger partial charge on any atom is -0.393 e. The lowest BCUT2D eigenvalue weighted by atomic mass is 9.93. The van der Waals surface area contributed by atoms with E-state index in [9.17, 15) is 36.2 Å². The topological polar surface area (TPSA) is 52.6 Å². The Bertz CT molecular complexity index is 898. The van der Waals surface area contributed by atoms with Crippen LogP contribution in [0.5, 0.6) is 0 Å². The molecule has 32 heavy (non-hydrogen) atoms. The molecule has 2 aromatic carbocycles. The van der Waals surface area contributed by atoms with Crippen molar-refractivity contribution in [3.8, 4) is 0 Å². The number of hydrogen-bond acceptors (Lipinski definition) is 2. The minimum absolute atomic E-state index is 0.0750. The van der Waals surface area contributed by atoms with Crippen LogP contribution in [0.15, 0.2) is 48.5 Å². The van der Waals surface area contributed by atoms with E-state index in [2.05, 4.69) is 5.32 Å². The van der Waals surface area contributed by atoms with Crippen molar-refractivity contribution in [1.82, 2.24) is 10.2 Å². The SMILES string of the molecule is O=C(NCCc1cc(C(F)(F)F)cc(C(F)(F)F)c1)N1CCC(O)CC1c1ccccc1. The molecule has 2 atom stereocenters. The molecule has 1 saturated heterocycles. The second-order valence-corrected chi connectivity index (χ2v) is 7.69. The molecule has 0 aromatic heterocycles. The predicted octanol–water partition coefficient (Wildman–Crippen LogP) is 5.17. The summed E-state index contributed by atoms with van der Waals surface area (Å²) in [4.78, 5) is 14.2. The molecule has 0 spiro atoms. The number of urea groups is 1. The van der Waals surface area contributed by atoms with Gasteiger partial charge in [-0.2, -0.15) is 26.3 Å². The highest BCUT2D eigenvalue weighted by atomic mass is 19.4. The Balaban J connectivity index is 1.70. The van der Waals surface area contributed by atoms with Gasteiger partial charge in [0.05, 0.1) is 23.3 Å². The van der Waals surface area contributed by atoms with Crippen LogP contribution in [0.25, 0.3) is 0 Å². The maximum Gasteiger partial charge on any atom is 0.416 e. The maximum atomic E-state index is 13.0. The van der Waals surface area contributed by atoms with E-state index in [-0.39, 0.29) is 37.2 Å². The molecule has 174 valence electrons. The van der Waals surface area contributed by atoms with Gasteiger partial charge in [-0.05, 0) is 48.6 Å². The van der Waals surface area contributed by atoms with Gasteiger partial charge in [0.25, 0.3) is 0 Å². The third kappa shape index (κ3) is 5.93. The summed E-state index contributed by atoms with van der Waals surface area (Å²) in [5, 5.41) is 12.6. The van der Waals surface area contributed by atoms with Gasteiger partial charge in [-0.15, -0.1) is 0 Å². The fourth-order valence-corrected chi connectivity index (χ4v) is 3.76. The van der Waals surface area contributed by atoms with Crippen LogP contribution >= 0.6 is 0 Å². The molecule has 2 amide bonds. The molecule has 2 aromatic rings. The monoisotopic (exact) mass is 460 g/mol. The fourth-order valence-electron chi connectivity index (χ4n) is 3.76. The summed E-state index contributed by atoms with van der Waals surface area (Å²) >= 11 is 0. The lowest BCUT2D eigenvalue weighted by Crippen LogP contribution is -2.47. The van der Waals surface area contributed by atoms with Crippen molar-refractivity contribution in [3.05, 3.63) is 70.8 Å². The normalized spacial score (nSPS) is 19.7. The Morgan fingerprint density at radius 1 is 1.00 bits per heavy atom. The number of likely N-dealkylation sites (tertiary alicyclic amines) is 1. The molecule has 1 heterocycles. The van der Waals surface area contributed by atoms with Gasteiger partial charge in [0.15, 0.2) is 0 Å². The van der Waals surface area contributed by atoms with Crippen LogP contribution < -0.4 is 5.32 Å². The molecule has 0 aliphatic carbocycles. The molecule has 1 fully saturated rings. The number of hydrogen-bond donors (Lipinski definition) is 2. The molecule has 2 unspecified atom stereocenters. The van der Waals surface area contributed by atoms with Crippen molar-refractivity contribution in [2.75, 3.05) is 13.1 Å². The van der Waals surface area contributed by atoms with Gasteiger partial charge < -0.3 is 15.3 Å². The second-order valence-electron chi connectivity index (χ2n) is 7.69. The highest BCUT2D eigenvalue weighted by Crippen LogP contribution is 2.36. The number of piperidine rings is 1. The largest absolute Gasteiger partial charge is 0.416 e. The number of alkyl halides is 6. The highest BCUT2D eigenvalue weighted by Gasteiger charge is 2.37. The van der Waals surface area contributed by atoms with Crippen LogP contribution in [0.3, 0.4) is 0 Å². The van der Waals surface area contributed by atoms with E-state index in [0.717, 1.165) is 5.56 Å². The summed E-state index contributed by atoms with van der Waals surface area (Å²) in [6, 6.07) is 9.59. The molecule has 1 aliphatic rings. The molecule has 0 saturated carbocycles. The average molecular weight is 460 g/mol. The minimum atomic E-state index is -4.92. The fraction of sp³-hybridized carbons (Fsp3) is 0.409. The summed E-state index contributed by atoms with van der Waals surface area (Å²) in [7, 11) is 0. The molecule has 0 bridgehead atoms. The first-order chi connectivity index (χ1) is 14.9. The summed E-state index contributed by atoms with van der Waals surface area (Å²) in [5.41, 5.74) is -2.12. The summed E-state index contributed by atoms with van der Waals surface area (Å²) < 4.78 is 78.0. The zero-order chi connectivity index (χ0) is 23.5. The van der Waals surface area contributed by atoms with Crippen LogP contribution in [0.4, 0.5) is 31.1 Å². The van der Waals surface area contributed by atoms with Crippen LogP contribution in [0.2, 0.25) is 0 Å². The van der Waals surface area contributed by atoms with Gasteiger partial charge in [0.2, 0.25) is 0 Å². The third-order valence-electron chi connectivity index (χ3n) is 5.36. The Labute approximate surface area is 180 Å². The number of rotatable bonds is 4. The van der Waals surface area contributed by atoms with E-state index in [0.29, 0.717) is 25.0 Å². The number of aliphatic hydroxyl groups excluding tert-OH is 1. The van der Waals surface area contributed by atoms with Crippen molar-refractivity contribution < 1.29 is 36.2 Å². The van der Waals surface area contributed by atoms with Crippen LogP contribution in [0.1, 0.15) is 41.1 Å². The van der Waals surface area contributed by atoms with Crippen molar-refractivity contribution in [2.45, 2.75) is 43.8 Å². The van der Waals surface area contributed by atoms with Crippen LogP contribution in [0, 0.1) is 0 Å². The summed E-state index contributed by atoms with van der Waals surface area (Å²) in [6.07, 6.45) is -9.91. The Morgan fingerprint density at radius 3 is 2.16 bits per heavy atom. The standard InChI is InChI=1S/C22H22F6N2O2/c23-21(24,25)16-10-14(11-17(12-16)22(26,27)28)6-8-29-20(32)30-9-7-18(31)13-19(30)15-4-2-1-3-5-15/h1-5,10-12,18-19,31H,6-9,13H2,(H,29,32). The van der Waals surface area contributed by atoms with Crippen molar-refractivity contribution in [1.29, 1.82) is 0 Å². The Hall–Kier alpha value is -2.75.